The van der Waals surface area contributed by atoms with Gasteiger partial charge in [-0.1, -0.05) is 36.4 Å². The molecule has 0 spiro atoms. The fourth-order valence-electron chi connectivity index (χ4n) is 5.69. The van der Waals surface area contributed by atoms with Gasteiger partial charge in [-0.15, -0.1) is 11.3 Å². The van der Waals surface area contributed by atoms with E-state index in [2.05, 4.69) is 48.8 Å². The van der Waals surface area contributed by atoms with Crippen molar-refractivity contribution < 1.29 is 14.7 Å². The van der Waals surface area contributed by atoms with Gasteiger partial charge < -0.3 is 10.4 Å². The molecule has 1 aliphatic heterocycles. The number of hydrogen-bond acceptors (Lipinski definition) is 5. The summed E-state index contributed by atoms with van der Waals surface area (Å²) in [4.78, 5) is 27.1. The fourth-order valence-corrected chi connectivity index (χ4v) is 6.52. The summed E-state index contributed by atoms with van der Waals surface area (Å²) < 4.78 is 1.70. The zero-order valence-electron chi connectivity index (χ0n) is 20.9. The number of anilines is 1. The minimum atomic E-state index is -1.01. The molecule has 6 nitrogen and oxygen atoms in total. The van der Waals surface area contributed by atoms with E-state index in [9.17, 15) is 14.7 Å². The molecule has 0 unspecified atom stereocenters. The molecule has 7 heteroatoms. The molecule has 0 fully saturated rings. The quantitative estimate of drug-likeness (QED) is 0.327. The number of thiophene rings is 1. The Hall–Kier alpha value is -3.97. The highest BCUT2D eigenvalue weighted by molar-refractivity contribution is 7.10. The van der Waals surface area contributed by atoms with Crippen molar-refractivity contribution >= 4 is 28.9 Å². The maximum Gasteiger partial charge on any atom is 0.337 e. The molecule has 2 aromatic carbocycles. The summed E-state index contributed by atoms with van der Waals surface area (Å²) in [5.41, 5.74) is 7.48. The lowest BCUT2D eigenvalue weighted by Crippen LogP contribution is -2.30. The van der Waals surface area contributed by atoms with E-state index in [0.717, 1.165) is 33.9 Å². The minimum Gasteiger partial charge on any atom is -0.478 e. The van der Waals surface area contributed by atoms with E-state index in [0.29, 0.717) is 18.5 Å². The Morgan fingerprint density at radius 3 is 2.59 bits per heavy atom. The zero-order chi connectivity index (χ0) is 25.8. The molecule has 4 aromatic rings. The van der Waals surface area contributed by atoms with E-state index in [-0.39, 0.29) is 23.2 Å². The molecule has 1 aliphatic carbocycles. The SMILES string of the molecule is Cc1ccc([C@H]2C3=C(C[C@@H](c4cccs4)CC3=O)Nc3c2c(C)nn3-c2ccccc2C(=O)O)cc1C. The predicted octanol–water partition coefficient (Wildman–Crippen LogP) is 6.52. The number of carbonyl (C=O) groups is 2. The molecular weight excluding hydrogens is 482 g/mol. The Bertz CT molecular complexity index is 1600. The van der Waals surface area contributed by atoms with Crippen molar-refractivity contribution in [1.29, 1.82) is 0 Å². The number of ketones is 1. The van der Waals surface area contributed by atoms with Crippen LogP contribution in [0.1, 0.15) is 67.9 Å². The first-order valence-corrected chi connectivity index (χ1v) is 13.3. The summed E-state index contributed by atoms with van der Waals surface area (Å²) in [6.45, 7) is 6.11. The molecule has 0 saturated heterocycles. The lowest BCUT2D eigenvalue weighted by atomic mass is 9.73. The van der Waals surface area contributed by atoms with Crippen molar-refractivity contribution in [3.8, 4) is 5.69 Å². The summed E-state index contributed by atoms with van der Waals surface area (Å²) in [5.74, 6) is -0.283. The second-order valence-electron chi connectivity index (χ2n) is 9.92. The normalized spacial score (nSPS) is 18.8. The van der Waals surface area contributed by atoms with Gasteiger partial charge >= 0.3 is 5.97 Å². The van der Waals surface area contributed by atoms with E-state index >= 15 is 0 Å². The predicted molar refractivity (Wildman–Crippen MR) is 145 cm³/mol. The van der Waals surface area contributed by atoms with Crippen molar-refractivity contribution in [2.75, 3.05) is 5.32 Å². The van der Waals surface area contributed by atoms with Gasteiger partial charge in [0, 0.05) is 40.0 Å². The standard InChI is InChI=1S/C30H27N3O3S/c1-16-10-11-19(13-17(16)2)27-26-18(3)32-33(23-8-5-4-7-21(23)30(35)36)29(26)31-22-14-20(15-24(34)28(22)27)25-9-6-12-37-25/h4-13,20,27,31H,14-15H2,1-3H3,(H,35,36)/t20-,27-/m1/s1. The van der Waals surface area contributed by atoms with E-state index in [1.54, 1.807) is 34.2 Å². The molecule has 37 heavy (non-hydrogen) atoms. The van der Waals surface area contributed by atoms with Crippen LogP contribution in [0.2, 0.25) is 0 Å². The van der Waals surface area contributed by atoms with E-state index in [1.807, 2.05) is 19.1 Å². The number of carboxylic acid groups (broad SMARTS) is 1. The first-order chi connectivity index (χ1) is 17.8. The van der Waals surface area contributed by atoms with Gasteiger partial charge in [-0.05, 0) is 67.5 Å². The highest BCUT2D eigenvalue weighted by Gasteiger charge is 2.41. The van der Waals surface area contributed by atoms with E-state index < -0.39 is 5.97 Å². The lowest BCUT2D eigenvalue weighted by Gasteiger charge is -2.35. The Balaban J connectivity index is 1.58. The van der Waals surface area contributed by atoms with Crippen LogP contribution in [0.3, 0.4) is 0 Å². The number of carboxylic acids is 1. The summed E-state index contributed by atoms with van der Waals surface area (Å²) >= 11 is 1.68. The molecule has 3 heterocycles. The number of para-hydroxylation sites is 1. The number of aromatic carboxylic acids is 1. The first-order valence-electron chi connectivity index (χ1n) is 12.4. The van der Waals surface area contributed by atoms with Crippen LogP contribution in [0.25, 0.3) is 5.69 Å². The van der Waals surface area contributed by atoms with Crippen molar-refractivity contribution in [2.45, 2.75) is 45.4 Å². The molecule has 2 aliphatic rings. The Labute approximate surface area is 219 Å². The van der Waals surface area contributed by atoms with Gasteiger partial charge in [-0.3, -0.25) is 4.79 Å². The lowest BCUT2D eigenvalue weighted by molar-refractivity contribution is -0.116. The highest BCUT2D eigenvalue weighted by atomic mass is 32.1. The number of aryl methyl sites for hydroxylation is 3. The number of nitrogens with one attached hydrogen (secondary N) is 1. The third kappa shape index (κ3) is 3.81. The van der Waals surface area contributed by atoms with Crippen LogP contribution < -0.4 is 5.32 Å². The second-order valence-corrected chi connectivity index (χ2v) is 10.9. The zero-order valence-corrected chi connectivity index (χ0v) is 21.7. The summed E-state index contributed by atoms with van der Waals surface area (Å²) in [5, 5.41) is 20.3. The Morgan fingerprint density at radius 1 is 1.05 bits per heavy atom. The highest BCUT2D eigenvalue weighted by Crippen LogP contribution is 2.50. The van der Waals surface area contributed by atoms with E-state index in [1.165, 1.54) is 16.0 Å². The molecule has 0 amide bonds. The van der Waals surface area contributed by atoms with Gasteiger partial charge in [0.2, 0.25) is 0 Å². The number of fused-ring (bicyclic) bond motifs is 1. The third-order valence-electron chi connectivity index (χ3n) is 7.63. The molecule has 186 valence electrons. The van der Waals surface area contributed by atoms with Crippen LogP contribution in [0.5, 0.6) is 0 Å². The number of hydrogen-bond donors (Lipinski definition) is 2. The second kappa shape index (κ2) is 8.85. The molecule has 2 aromatic heterocycles. The fraction of sp³-hybridized carbons (Fsp3) is 0.233. The van der Waals surface area contributed by atoms with Crippen molar-refractivity contribution in [2.24, 2.45) is 0 Å². The van der Waals surface area contributed by atoms with Crippen molar-refractivity contribution in [1.82, 2.24) is 9.78 Å². The number of allylic oxidation sites excluding steroid dienone is 2. The molecule has 2 N–H and O–H groups in total. The smallest absolute Gasteiger partial charge is 0.337 e. The average Bonchev–Trinajstić information content (AvgIpc) is 3.53. The maximum absolute atomic E-state index is 13.8. The molecule has 0 bridgehead atoms. The maximum atomic E-state index is 13.8. The molecule has 0 radical (unpaired) electrons. The number of Topliss-reactive ketones (excluding diaryl/α,β-unsaturated/α-hetero) is 1. The topological polar surface area (TPSA) is 84.2 Å². The minimum absolute atomic E-state index is 0.115. The Morgan fingerprint density at radius 2 is 1.86 bits per heavy atom. The van der Waals surface area contributed by atoms with Gasteiger partial charge in [0.1, 0.15) is 5.82 Å². The monoisotopic (exact) mass is 509 g/mol. The van der Waals surface area contributed by atoms with Crippen LogP contribution in [-0.4, -0.2) is 26.6 Å². The largest absolute Gasteiger partial charge is 0.478 e. The number of nitrogens with zero attached hydrogens (tertiary/aromatic N) is 2. The van der Waals surface area contributed by atoms with Gasteiger partial charge in [0.15, 0.2) is 5.78 Å². The van der Waals surface area contributed by atoms with Crippen LogP contribution >= 0.6 is 11.3 Å². The average molecular weight is 510 g/mol. The van der Waals surface area contributed by atoms with Crippen LogP contribution in [0, 0.1) is 20.8 Å². The first kappa shape index (κ1) is 23.4. The van der Waals surface area contributed by atoms with E-state index in [4.69, 9.17) is 5.10 Å². The third-order valence-corrected chi connectivity index (χ3v) is 8.67. The number of benzene rings is 2. The molecular formula is C30H27N3O3S. The summed E-state index contributed by atoms with van der Waals surface area (Å²) in [6, 6.07) is 17.4. The molecule has 2 atom stereocenters. The molecule has 0 saturated carbocycles. The number of carbonyl (C=O) groups excluding carboxylic acids is 1. The van der Waals surface area contributed by atoms with Gasteiger partial charge in [-0.2, -0.15) is 5.10 Å². The number of aromatic nitrogens is 2. The van der Waals surface area contributed by atoms with Gasteiger partial charge in [0.25, 0.3) is 0 Å². The van der Waals surface area contributed by atoms with Crippen LogP contribution in [-0.2, 0) is 4.79 Å². The number of rotatable bonds is 4. The summed E-state index contributed by atoms with van der Waals surface area (Å²) in [6.07, 6.45) is 1.19. The van der Waals surface area contributed by atoms with Crippen molar-refractivity contribution in [3.05, 3.63) is 110 Å². The van der Waals surface area contributed by atoms with Crippen molar-refractivity contribution in [3.63, 3.8) is 0 Å². The summed E-state index contributed by atoms with van der Waals surface area (Å²) in [7, 11) is 0. The molecule has 6 rings (SSSR count). The van der Waals surface area contributed by atoms with Crippen LogP contribution in [0.4, 0.5) is 5.82 Å². The van der Waals surface area contributed by atoms with Crippen LogP contribution in [0.15, 0.2) is 71.2 Å². The Kier molecular flexibility index (Phi) is 5.60. The van der Waals surface area contributed by atoms with Gasteiger partial charge in [0.05, 0.1) is 16.9 Å². The van der Waals surface area contributed by atoms with Gasteiger partial charge in [-0.25, -0.2) is 9.48 Å².